The molecule has 0 unspecified atom stereocenters. The Morgan fingerprint density at radius 2 is 1.83 bits per heavy atom. The number of nitrogens with zero attached hydrogens (tertiary/aromatic N) is 3. The smallest absolute Gasteiger partial charge is 0.223 e. The lowest BCUT2D eigenvalue weighted by Gasteiger charge is -2.25. The summed E-state index contributed by atoms with van der Waals surface area (Å²) in [6, 6.07) is 9.92. The Labute approximate surface area is 139 Å². The average molecular weight is 313 g/mol. The zero-order valence-corrected chi connectivity index (χ0v) is 14.5. The van der Waals surface area contributed by atoms with Crippen molar-refractivity contribution in [2.75, 3.05) is 26.2 Å². The highest BCUT2D eigenvalue weighted by atomic mass is 16.2. The van der Waals surface area contributed by atoms with E-state index in [4.69, 9.17) is 5.26 Å². The van der Waals surface area contributed by atoms with E-state index in [9.17, 15) is 4.79 Å². The molecule has 1 aliphatic rings. The zero-order valence-electron chi connectivity index (χ0n) is 14.5. The standard InChI is InChI=1S/C19H27N3O/c1-19(2,3)13-18(23)22-10-4-9-21(11-12-22)15-17-7-5-16(14-20)6-8-17/h5-8H,4,9-13,15H2,1-3H3. The fourth-order valence-electron chi connectivity index (χ4n) is 2.89. The second-order valence-corrected chi connectivity index (χ2v) is 7.56. The van der Waals surface area contributed by atoms with Crippen LogP contribution in [0.5, 0.6) is 0 Å². The Balaban J connectivity index is 1.88. The number of carbonyl (C=O) groups excluding carboxylic acids is 1. The van der Waals surface area contributed by atoms with Gasteiger partial charge in [-0.3, -0.25) is 9.69 Å². The number of rotatable bonds is 3. The second kappa shape index (κ2) is 7.61. The van der Waals surface area contributed by atoms with E-state index < -0.39 is 0 Å². The molecule has 0 atom stereocenters. The fourth-order valence-corrected chi connectivity index (χ4v) is 2.89. The van der Waals surface area contributed by atoms with Gasteiger partial charge >= 0.3 is 0 Å². The van der Waals surface area contributed by atoms with Gasteiger partial charge in [0, 0.05) is 39.1 Å². The third-order valence-electron chi connectivity index (χ3n) is 4.11. The largest absolute Gasteiger partial charge is 0.341 e. The first-order chi connectivity index (χ1) is 10.9. The Morgan fingerprint density at radius 1 is 1.13 bits per heavy atom. The molecule has 1 saturated heterocycles. The van der Waals surface area contributed by atoms with Crippen LogP contribution >= 0.6 is 0 Å². The van der Waals surface area contributed by atoms with E-state index in [0.717, 1.165) is 39.1 Å². The molecule has 0 bridgehead atoms. The number of hydrogen-bond donors (Lipinski definition) is 0. The molecule has 4 heteroatoms. The van der Waals surface area contributed by atoms with E-state index in [1.165, 1.54) is 5.56 Å². The Hall–Kier alpha value is -1.86. The van der Waals surface area contributed by atoms with Crippen molar-refractivity contribution in [3.63, 3.8) is 0 Å². The lowest BCUT2D eigenvalue weighted by atomic mass is 9.91. The first-order valence-corrected chi connectivity index (χ1v) is 8.36. The molecule has 124 valence electrons. The molecule has 1 aliphatic heterocycles. The minimum atomic E-state index is 0.0472. The summed E-state index contributed by atoms with van der Waals surface area (Å²) in [4.78, 5) is 16.8. The van der Waals surface area contributed by atoms with Gasteiger partial charge in [-0.25, -0.2) is 0 Å². The number of hydrogen-bond acceptors (Lipinski definition) is 3. The molecule has 0 spiro atoms. The van der Waals surface area contributed by atoms with Gasteiger partial charge in [0.05, 0.1) is 11.6 Å². The van der Waals surface area contributed by atoms with E-state index in [1.807, 2.05) is 29.2 Å². The third kappa shape index (κ3) is 5.69. The van der Waals surface area contributed by atoms with Crippen LogP contribution in [0, 0.1) is 16.7 Å². The predicted octanol–water partition coefficient (Wildman–Crippen LogP) is 3.03. The topological polar surface area (TPSA) is 47.3 Å². The zero-order chi connectivity index (χ0) is 16.9. The first-order valence-electron chi connectivity index (χ1n) is 8.36. The van der Waals surface area contributed by atoms with E-state index >= 15 is 0 Å². The van der Waals surface area contributed by atoms with Crippen LogP contribution in [0.4, 0.5) is 0 Å². The van der Waals surface area contributed by atoms with Gasteiger partial charge in [-0.15, -0.1) is 0 Å². The average Bonchev–Trinajstić information content (AvgIpc) is 2.72. The molecule has 23 heavy (non-hydrogen) atoms. The maximum absolute atomic E-state index is 12.4. The van der Waals surface area contributed by atoms with Crippen molar-refractivity contribution in [1.82, 2.24) is 9.80 Å². The maximum Gasteiger partial charge on any atom is 0.223 e. The van der Waals surface area contributed by atoms with Crippen LogP contribution < -0.4 is 0 Å². The maximum atomic E-state index is 12.4. The predicted molar refractivity (Wildman–Crippen MR) is 91.7 cm³/mol. The second-order valence-electron chi connectivity index (χ2n) is 7.56. The molecule has 0 aromatic heterocycles. The molecule has 0 radical (unpaired) electrons. The van der Waals surface area contributed by atoms with Crippen LogP contribution in [-0.2, 0) is 11.3 Å². The SMILES string of the molecule is CC(C)(C)CC(=O)N1CCCN(Cc2ccc(C#N)cc2)CC1. The van der Waals surface area contributed by atoms with Crippen molar-refractivity contribution in [1.29, 1.82) is 5.26 Å². The summed E-state index contributed by atoms with van der Waals surface area (Å²) >= 11 is 0. The summed E-state index contributed by atoms with van der Waals surface area (Å²) in [5, 5.41) is 8.85. The highest BCUT2D eigenvalue weighted by Gasteiger charge is 2.23. The highest BCUT2D eigenvalue weighted by Crippen LogP contribution is 2.20. The van der Waals surface area contributed by atoms with Gasteiger partial charge in [0.15, 0.2) is 0 Å². The van der Waals surface area contributed by atoms with Gasteiger partial charge in [0.1, 0.15) is 0 Å². The molecular formula is C19H27N3O. The van der Waals surface area contributed by atoms with Crippen molar-refractivity contribution >= 4 is 5.91 Å². The lowest BCUT2D eigenvalue weighted by molar-refractivity contribution is -0.132. The summed E-state index contributed by atoms with van der Waals surface area (Å²) in [6.07, 6.45) is 1.63. The third-order valence-corrected chi connectivity index (χ3v) is 4.11. The van der Waals surface area contributed by atoms with Crippen LogP contribution in [0.2, 0.25) is 0 Å². The summed E-state index contributed by atoms with van der Waals surface area (Å²) in [5.41, 5.74) is 1.97. The highest BCUT2D eigenvalue weighted by molar-refractivity contribution is 5.76. The van der Waals surface area contributed by atoms with Gasteiger partial charge in [-0.05, 0) is 29.5 Å². The summed E-state index contributed by atoms with van der Waals surface area (Å²) < 4.78 is 0. The molecule has 1 aromatic carbocycles. The van der Waals surface area contributed by atoms with Crippen LogP contribution in [0.3, 0.4) is 0 Å². The molecule has 4 nitrogen and oxygen atoms in total. The van der Waals surface area contributed by atoms with Gasteiger partial charge in [-0.2, -0.15) is 5.26 Å². The van der Waals surface area contributed by atoms with Crippen molar-refractivity contribution < 1.29 is 4.79 Å². The Morgan fingerprint density at radius 3 is 2.43 bits per heavy atom. The van der Waals surface area contributed by atoms with Crippen LogP contribution in [-0.4, -0.2) is 41.9 Å². The number of nitriles is 1. The van der Waals surface area contributed by atoms with Crippen LogP contribution in [0.1, 0.15) is 44.7 Å². The Bertz CT molecular complexity index is 566. The molecule has 0 N–H and O–H groups in total. The van der Waals surface area contributed by atoms with Gasteiger partial charge in [0.2, 0.25) is 5.91 Å². The lowest BCUT2D eigenvalue weighted by Crippen LogP contribution is -2.36. The summed E-state index contributed by atoms with van der Waals surface area (Å²) in [7, 11) is 0. The molecule has 0 saturated carbocycles. The van der Waals surface area contributed by atoms with Crippen molar-refractivity contribution in [3.05, 3.63) is 35.4 Å². The molecule has 1 heterocycles. The first kappa shape index (κ1) is 17.5. The van der Waals surface area contributed by atoms with Crippen molar-refractivity contribution in [3.8, 4) is 6.07 Å². The number of amides is 1. The number of benzene rings is 1. The Kier molecular flexibility index (Phi) is 5.79. The van der Waals surface area contributed by atoms with Gasteiger partial charge in [-0.1, -0.05) is 32.9 Å². The summed E-state index contributed by atoms with van der Waals surface area (Å²) in [5.74, 6) is 0.276. The van der Waals surface area contributed by atoms with Crippen molar-refractivity contribution in [2.24, 2.45) is 5.41 Å². The molecule has 0 aliphatic carbocycles. The molecule has 1 aromatic rings. The molecule has 2 rings (SSSR count). The fraction of sp³-hybridized carbons (Fsp3) is 0.579. The van der Waals surface area contributed by atoms with E-state index in [2.05, 4.69) is 31.7 Å². The van der Waals surface area contributed by atoms with Crippen LogP contribution in [0.15, 0.2) is 24.3 Å². The normalized spacial score (nSPS) is 16.7. The van der Waals surface area contributed by atoms with Gasteiger partial charge in [0.25, 0.3) is 0 Å². The number of carbonyl (C=O) groups is 1. The molecular weight excluding hydrogens is 286 g/mol. The summed E-state index contributed by atoms with van der Waals surface area (Å²) in [6.45, 7) is 10.8. The van der Waals surface area contributed by atoms with Gasteiger partial charge < -0.3 is 4.90 Å². The minimum Gasteiger partial charge on any atom is -0.341 e. The van der Waals surface area contributed by atoms with E-state index in [0.29, 0.717) is 12.0 Å². The quantitative estimate of drug-likeness (QED) is 0.862. The van der Waals surface area contributed by atoms with Crippen LogP contribution in [0.25, 0.3) is 0 Å². The minimum absolute atomic E-state index is 0.0472. The molecule has 1 fully saturated rings. The van der Waals surface area contributed by atoms with Crippen molar-refractivity contribution in [2.45, 2.75) is 40.2 Å². The molecule has 1 amide bonds. The van der Waals surface area contributed by atoms with E-state index in [-0.39, 0.29) is 11.3 Å². The monoisotopic (exact) mass is 313 g/mol. The van der Waals surface area contributed by atoms with E-state index in [1.54, 1.807) is 0 Å².